The second-order valence-corrected chi connectivity index (χ2v) is 6.84. The van der Waals surface area contributed by atoms with Crippen molar-refractivity contribution in [2.75, 3.05) is 26.7 Å². The highest BCUT2D eigenvalue weighted by Gasteiger charge is 2.29. The van der Waals surface area contributed by atoms with E-state index in [0.717, 1.165) is 18.4 Å². The Hall–Kier alpha value is -3.09. The molecule has 2 amide bonds. The van der Waals surface area contributed by atoms with Crippen LogP contribution in [0.2, 0.25) is 0 Å². The monoisotopic (exact) mass is 384 g/mol. The van der Waals surface area contributed by atoms with Crippen molar-refractivity contribution in [3.05, 3.63) is 59.5 Å². The van der Waals surface area contributed by atoms with Gasteiger partial charge < -0.3 is 19.4 Å². The fourth-order valence-corrected chi connectivity index (χ4v) is 3.39. The lowest BCUT2D eigenvalue weighted by Crippen LogP contribution is -2.45. The van der Waals surface area contributed by atoms with Crippen molar-refractivity contribution in [1.29, 1.82) is 0 Å². The fraction of sp³-hybridized carbons (Fsp3) is 0.381. The lowest BCUT2D eigenvalue weighted by Gasteiger charge is -2.31. The molecular weight excluding hydrogens is 360 g/mol. The summed E-state index contributed by atoms with van der Waals surface area (Å²) in [5.41, 5.74) is 1.95. The van der Waals surface area contributed by atoms with Crippen LogP contribution >= 0.6 is 0 Å². The minimum absolute atomic E-state index is 0.0474. The van der Waals surface area contributed by atoms with Crippen LogP contribution < -0.4 is 5.32 Å². The number of carbonyl (C=O) groups excluding carboxylic acids is 3. The Labute approximate surface area is 163 Å². The number of amides is 2. The molecule has 1 aromatic heterocycles. The molecule has 1 atom stereocenters. The first kappa shape index (κ1) is 19.7. The van der Waals surface area contributed by atoms with Crippen LogP contribution in [0.15, 0.2) is 47.3 Å². The molecule has 0 aliphatic carbocycles. The minimum Gasteiger partial charge on any atom is -0.472 e. The fourth-order valence-electron chi connectivity index (χ4n) is 3.39. The van der Waals surface area contributed by atoms with Gasteiger partial charge in [-0.2, -0.15) is 0 Å². The summed E-state index contributed by atoms with van der Waals surface area (Å²) in [6.45, 7) is 1.53. The van der Waals surface area contributed by atoms with Gasteiger partial charge in [-0.15, -0.1) is 0 Å². The Kier molecular flexibility index (Phi) is 6.47. The van der Waals surface area contributed by atoms with E-state index in [9.17, 15) is 14.4 Å². The predicted octanol–water partition coefficient (Wildman–Crippen LogP) is 2.28. The zero-order chi connectivity index (χ0) is 19.9. The largest absolute Gasteiger partial charge is 0.472 e. The van der Waals surface area contributed by atoms with E-state index in [4.69, 9.17) is 9.15 Å². The second-order valence-electron chi connectivity index (χ2n) is 6.84. The molecule has 1 saturated heterocycles. The number of ether oxygens (including phenoxy) is 1. The highest BCUT2D eigenvalue weighted by Crippen LogP contribution is 2.19. The minimum atomic E-state index is -0.379. The Morgan fingerprint density at radius 1 is 1.25 bits per heavy atom. The van der Waals surface area contributed by atoms with Gasteiger partial charge in [0.1, 0.15) is 6.26 Å². The number of esters is 1. The van der Waals surface area contributed by atoms with Crippen LogP contribution in [0.1, 0.15) is 39.1 Å². The van der Waals surface area contributed by atoms with Gasteiger partial charge in [-0.25, -0.2) is 4.79 Å². The van der Waals surface area contributed by atoms with Crippen molar-refractivity contribution >= 4 is 17.8 Å². The van der Waals surface area contributed by atoms with Crippen LogP contribution in [0.5, 0.6) is 0 Å². The number of piperidine rings is 1. The van der Waals surface area contributed by atoms with Gasteiger partial charge in [0.05, 0.1) is 30.4 Å². The first-order chi connectivity index (χ1) is 13.6. The number of methoxy groups -OCH3 is 1. The summed E-state index contributed by atoms with van der Waals surface area (Å²) in [5.74, 6) is -0.749. The van der Waals surface area contributed by atoms with E-state index < -0.39 is 0 Å². The number of furan rings is 1. The van der Waals surface area contributed by atoms with Gasteiger partial charge in [-0.1, -0.05) is 12.1 Å². The van der Waals surface area contributed by atoms with Gasteiger partial charge in [0, 0.05) is 19.6 Å². The van der Waals surface area contributed by atoms with Crippen molar-refractivity contribution in [3.8, 4) is 0 Å². The van der Waals surface area contributed by atoms with Crippen molar-refractivity contribution < 1.29 is 23.5 Å². The normalized spacial score (nSPS) is 16.5. The molecule has 0 spiro atoms. The van der Waals surface area contributed by atoms with Gasteiger partial charge in [0.15, 0.2) is 0 Å². The van der Waals surface area contributed by atoms with Crippen LogP contribution in [-0.2, 0) is 16.0 Å². The third-order valence-corrected chi connectivity index (χ3v) is 4.91. The zero-order valence-corrected chi connectivity index (χ0v) is 15.8. The number of nitrogens with zero attached hydrogens (tertiary/aromatic N) is 1. The van der Waals surface area contributed by atoms with E-state index in [1.807, 2.05) is 6.07 Å². The highest BCUT2D eigenvalue weighted by atomic mass is 16.5. The van der Waals surface area contributed by atoms with Crippen LogP contribution in [-0.4, -0.2) is 49.4 Å². The molecule has 2 aromatic rings. The number of rotatable bonds is 6. The smallest absolute Gasteiger partial charge is 0.337 e. The molecule has 2 heterocycles. The van der Waals surface area contributed by atoms with Crippen molar-refractivity contribution in [2.24, 2.45) is 5.92 Å². The maximum absolute atomic E-state index is 12.5. The average molecular weight is 384 g/mol. The highest BCUT2D eigenvalue weighted by molar-refractivity contribution is 5.94. The number of likely N-dealkylation sites (tertiary alicyclic amines) is 1. The summed E-state index contributed by atoms with van der Waals surface area (Å²) >= 11 is 0. The number of benzene rings is 1. The lowest BCUT2D eigenvalue weighted by molar-refractivity contribution is -0.126. The van der Waals surface area contributed by atoms with E-state index in [2.05, 4.69) is 5.32 Å². The van der Waals surface area contributed by atoms with E-state index in [1.54, 1.807) is 29.2 Å². The van der Waals surface area contributed by atoms with Crippen molar-refractivity contribution in [3.63, 3.8) is 0 Å². The molecule has 0 unspecified atom stereocenters. The summed E-state index contributed by atoms with van der Waals surface area (Å²) in [7, 11) is 1.35. The lowest BCUT2D eigenvalue weighted by atomic mass is 9.96. The summed E-state index contributed by atoms with van der Waals surface area (Å²) in [6.07, 6.45) is 5.06. The summed E-state index contributed by atoms with van der Waals surface area (Å²) in [5, 5.41) is 2.95. The van der Waals surface area contributed by atoms with Gasteiger partial charge in [-0.05, 0) is 43.0 Å². The molecule has 0 radical (unpaired) electrons. The average Bonchev–Trinajstić information content (AvgIpc) is 3.27. The van der Waals surface area contributed by atoms with Crippen LogP contribution in [0.25, 0.3) is 0 Å². The van der Waals surface area contributed by atoms with Crippen molar-refractivity contribution in [2.45, 2.75) is 19.3 Å². The number of carbonyl (C=O) groups is 3. The van der Waals surface area contributed by atoms with Crippen molar-refractivity contribution in [1.82, 2.24) is 10.2 Å². The van der Waals surface area contributed by atoms with Gasteiger partial charge in [-0.3, -0.25) is 9.59 Å². The summed E-state index contributed by atoms with van der Waals surface area (Å²) in [6, 6.07) is 8.80. The quantitative estimate of drug-likeness (QED) is 0.772. The molecule has 7 nitrogen and oxygen atoms in total. The second kappa shape index (κ2) is 9.21. The summed E-state index contributed by atoms with van der Waals surface area (Å²) in [4.78, 5) is 38.3. The molecule has 7 heteroatoms. The molecule has 3 rings (SSSR count). The van der Waals surface area contributed by atoms with E-state index in [1.165, 1.54) is 19.6 Å². The van der Waals surface area contributed by atoms with E-state index in [0.29, 0.717) is 37.2 Å². The van der Waals surface area contributed by atoms with Crippen LogP contribution in [0.4, 0.5) is 0 Å². The molecule has 1 aliphatic rings. The van der Waals surface area contributed by atoms with Gasteiger partial charge >= 0.3 is 5.97 Å². The maximum Gasteiger partial charge on any atom is 0.337 e. The Morgan fingerprint density at radius 3 is 2.86 bits per heavy atom. The Bertz CT molecular complexity index is 831. The number of hydrogen-bond acceptors (Lipinski definition) is 5. The molecule has 1 aromatic carbocycles. The third-order valence-electron chi connectivity index (χ3n) is 4.91. The van der Waals surface area contributed by atoms with Crippen LogP contribution in [0, 0.1) is 5.92 Å². The topological polar surface area (TPSA) is 88.9 Å². The maximum atomic E-state index is 12.5. The molecule has 148 valence electrons. The van der Waals surface area contributed by atoms with Gasteiger partial charge in [0.2, 0.25) is 5.91 Å². The molecule has 1 N–H and O–H groups in total. The molecule has 1 fully saturated rings. The standard InChI is InChI=1S/C21H24N2O5/c1-27-21(26)16-5-2-4-15(12-16)7-9-22-19(24)17-6-3-10-23(13-17)20(25)18-8-11-28-14-18/h2,4-5,8,11-12,14,17H,3,6-7,9-10,13H2,1H3,(H,22,24)/t17-/m1/s1. The first-order valence-electron chi connectivity index (χ1n) is 9.35. The molecule has 0 bridgehead atoms. The SMILES string of the molecule is COC(=O)c1cccc(CCNC(=O)[C@@H]2CCCN(C(=O)c3ccoc3)C2)c1. The number of nitrogens with one attached hydrogen (secondary N) is 1. The molecular formula is C21H24N2O5. The van der Waals surface area contributed by atoms with E-state index in [-0.39, 0.29) is 23.7 Å². The zero-order valence-electron chi connectivity index (χ0n) is 15.8. The molecule has 1 aliphatic heterocycles. The first-order valence-corrected chi connectivity index (χ1v) is 9.35. The Morgan fingerprint density at radius 2 is 2.11 bits per heavy atom. The Balaban J connectivity index is 1.49. The third kappa shape index (κ3) is 4.79. The van der Waals surface area contributed by atoms with Crippen LogP contribution in [0.3, 0.4) is 0 Å². The number of hydrogen-bond donors (Lipinski definition) is 1. The molecule has 0 saturated carbocycles. The molecule has 28 heavy (non-hydrogen) atoms. The predicted molar refractivity (Wildman–Crippen MR) is 102 cm³/mol. The van der Waals surface area contributed by atoms with E-state index >= 15 is 0 Å². The summed E-state index contributed by atoms with van der Waals surface area (Å²) < 4.78 is 9.69. The van der Waals surface area contributed by atoms with Gasteiger partial charge in [0.25, 0.3) is 5.91 Å².